The summed E-state index contributed by atoms with van der Waals surface area (Å²) in [5.41, 5.74) is -1.48. The van der Waals surface area contributed by atoms with Crippen LogP contribution in [0.5, 0.6) is 0 Å². The van der Waals surface area contributed by atoms with E-state index in [1.165, 1.54) is 7.11 Å². The fourth-order valence-corrected chi connectivity index (χ4v) is 3.79. The number of hydrogen-bond donors (Lipinski definition) is 3. The van der Waals surface area contributed by atoms with E-state index in [0.717, 1.165) is 5.56 Å². The molecule has 0 saturated carbocycles. The van der Waals surface area contributed by atoms with E-state index in [1.54, 1.807) is 39.0 Å². The molecule has 8 nitrogen and oxygen atoms in total. The summed E-state index contributed by atoms with van der Waals surface area (Å²) in [6.45, 7) is 5.09. The Balaban J connectivity index is 2.50. The molecule has 1 aromatic carbocycles. The molecule has 0 radical (unpaired) electrons. The van der Waals surface area contributed by atoms with Gasteiger partial charge < -0.3 is 25.0 Å². The Hall–Kier alpha value is -2.61. The van der Waals surface area contributed by atoms with Crippen molar-refractivity contribution in [2.24, 2.45) is 5.41 Å². The second-order valence-electron chi connectivity index (χ2n) is 7.96. The number of nitrogens with one attached hydrogen (secondary N) is 1. The van der Waals surface area contributed by atoms with Gasteiger partial charge in [0, 0.05) is 25.7 Å². The Labute approximate surface area is 163 Å². The maximum atomic E-state index is 12.3. The van der Waals surface area contributed by atoms with Gasteiger partial charge in [0.1, 0.15) is 5.60 Å². The number of amides is 1. The first kappa shape index (κ1) is 21.7. The highest BCUT2D eigenvalue weighted by atomic mass is 16.6. The lowest BCUT2D eigenvalue weighted by Crippen LogP contribution is -2.52. The maximum Gasteiger partial charge on any atom is 0.407 e. The summed E-state index contributed by atoms with van der Waals surface area (Å²) >= 11 is 0. The smallest absolute Gasteiger partial charge is 0.407 e. The third kappa shape index (κ3) is 4.27. The van der Waals surface area contributed by atoms with Gasteiger partial charge in [0.15, 0.2) is 5.41 Å². The maximum absolute atomic E-state index is 12.3. The van der Waals surface area contributed by atoms with Gasteiger partial charge in [-0.25, -0.2) is 4.79 Å². The molecule has 0 heterocycles. The molecule has 2 atom stereocenters. The molecule has 0 fully saturated rings. The molecule has 1 aliphatic rings. The van der Waals surface area contributed by atoms with Gasteiger partial charge in [-0.3, -0.25) is 9.59 Å². The van der Waals surface area contributed by atoms with Crippen molar-refractivity contribution in [3.63, 3.8) is 0 Å². The van der Waals surface area contributed by atoms with Crippen LogP contribution in [0.15, 0.2) is 24.3 Å². The Morgan fingerprint density at radius 3 is 2.29 bits per heavy atom. The highest BCUT2D eigenvalue weighted by Gasteiger charge is 2.58. The third-order valence-corrected chi connectivity index (χ3v) is 4.93. The summed E-state index contributed by atoms with van der Waals surface area (Å²) in [7, 11) is 1.38. The highest BCUT2D eigenvalue weighted by molar-refractivity contribution is 6.00. The van der Waals surface area contributed by atoms with Gasteiger partial charge in [-0.1, -0.05) is 24.3 Å². The Bertz CT molecular complexity index is 739. The van der Waals surface area contributed by atoms with Gasteiger partial charge in [-0.15, -0.1) is 0 Å². The highest BCUT2D eigenvalue weighted by Crippen LogP contribution is 2.48. The normalized spacial score (nSPS) is 19.0. The van der Waals surface area contributed by atoms with Crippen molar-refractivity contribution >= 4 is 18.0 Å². The fraction of sp³-hybridized carbons (Fsp3) is 0.550. The number of alkyl carbamates (subject to hydrolysis) is 1. The van der Waals surface area contributed by atoms with Gasteiger partial charge in [0.2, 0.25) is 0 Å². The van der Waals surface area contributed by atoms with Crippen LogP contribution in [0, 0.1) is 5.41 Å². The number of carboxylic acids is 2. The average Bonchev–Trinajstić information content (AvgIpc) is 2.91. The first-order valence-corrected chi connectivity index (χ1v) is 9.06. The molecular formula is C20H27NO7. The van der Waals surface area contributed by atoms with Crippen molar-refractivity contribution in [3.05, 3.63) is 35.4 Å². The summed E-state index contributed by atoms with van der Waals surface area (Å²) in [5.74, 6) is -3.90. The van der Waals surface area contributed by atoms with Crippen molar-refractivity contribution in [2.75, 3.05) is 13.7 Å². The number of rotatable bonds is 7. The fourth-order valence-electron chi connectivity index (χ4n) is 3.79. The molecular weight excluding hydrogens is 366 g/mol. The molecule has 3 N–H and O–H groups in total. The van der Waals surface area contributed by atoms with Crippen LogP contribution < -0.4 is 5.32 Å². The number of methoxy groups -OCH3 is 1. The Morgan fingerprint density at radius 2 is 1.75 bits per heavy atom. The number of aliphatic carboxylic acids is 2. The second-order valence-corrected chi connectivity index (χ2v) is 7.96. The van der Waals surface area contributed by atoms with Crippen molar-refractivity contribution in [2.45, 2.75) is 51.2 Å². The average molecular weight is 393 g/mol. The molecule has 0 unspecified atom stereocenters. The van der Waals surface area contributed by atoms with E-state index in [1.807, 2.05) is 6.07 Å². The topological polar surface area (TPSA) is 122 Å². The number of fused-ring (bicyclic) bond motifs is 1. The molecule has 1 amide bonds. The number of benzene rings is 1. The van der Waals surface area contributed by atoms with Crippen molar-refractivity contribution in [3.8, 4) is 0 Å². The molecule has 1 aromatic rings. The molecule has 28 heavy (non-hydrogen) atoms. The molecule has 1 aliphatic carbocycles. The van der Waals surface area contributed by atoms with Crippen LogP contribution >= 0.6 is 0 Å². The Morgan fingerprint density at radius 1 is 1.14 bits per heavy atom. The second kappa shape index (κ2) is 8.18. The standard InChI is InChI=1S/C20H27NO7/c1-19(2,3)28-18(26)21-14-11-12-7-5-6-8-13(12)15(14)20(16(22)23,17(24)25)9-10-27-4/h5-8,14-15H,9-11H2,1-4H3,(H,21,26)(H,22,23)(H,24,25)/t14-,15-/m1/s1. The minimum absolute atomic E-state index is 0.0452. The van der Waals surface area contributed by atoms with Crippen LogP contribution in [0.4, 0.5) is 4.79 Å². The quantitative estimate of drug-likeness (QED) is 0.608. The van der Waals surface area contributed by atoms with Crippen molar-refractivity contribution in [1.82, 2.24) is 5.32 Å². The monoisotopic (exact) mass is 393 g/mol. The zero-order valence-electron chi connectivity index (χ0n) is 16.5. The van der Waals surface area contributed by atoms with Crippen LogP contribution in [0.2, 0.25) is 0 Å². The van der Waals surface area contributed by atoms with Crippen molar-refractivity contribution < 1.29 is 34.1 Å². The minimum atomic E-state index is -2.15. The van der Waals surface area contributed by atoms with Crippen LogP contribution in [-0.2, 0) is 25.5 Å². The van der Waals surface area contributed by atoms with E-state index in [-0.39, 0.29) is 13.0 Å². The largest absolute Gasteiger partial charge is 0.480 e. The first-order chi connectivity index (χ1) is 13.0. The molecule has 8 heteroatoms. The predicted octanol–water partition coefficient (Wildman–Crippen LogP) is 2.41. The number of carbonyl (C=O) groups is 3. The summed E-state index contributed by atoms with van der Waals surface area (Å²) < 4.78 is 10.3. The number of carboxylic acid groups (broad SMARTS) is 2. The van der Waals surface area contributed by atoms with Crippen LogP contribution in [0.3, 0.4) is 0 Å². The zero-order chi connectivity index (χ0) is 21.1. The van der Waals surface area contributed by atoms with Gasteiger partial charge in [0.05, 0.1) is 0 Å². The van der Waals surface area contributed by atoms with E-state index < -0.39 is 41.0 Å². The zero-order valence-corrected chi connectivity index (χ0v) is 16.5. The summed E-state index contributed by atoms with van der Waals surface area (Å²) in [4.78, 5) is 36.8. The summed E-state index contributed by atoms with van der Waals surface area (Å²) in [6, 6.07) is 6.31. The van der Waals surface area contributed by atoms with Gasteiger partial charge >= 0.3 is 18.0 Å². The molecule has 154 valence electrons. The van der Waals surface area contributed by atoms with Gasteiger partial charge in [-0.05, 0) is 44.7 Å². The number of carbonyl (C=O) groups excluding carboxylic acids is 1. The minimum Gasteiger partial charge on any atom is -0.480 e. The van der Waals surface area contributed by atoms with Crippen LogP contribution in [0.25, 0.3) is 0 Å². The van der Waals surface area contributed by atoms with E-state index in [2.05, 4.69) is 5.32 Å². The molecule has 0 aromatic heterocycles. The first-order valence-electron chi connectivity index (χ1n) is 9.06. The van der Waals surface area contributed by atoms with Crippen molar-refractivity contribution in [1.29, 1.82) is 0 Å². The molecule has 0 saturated heterocycles. The predicted molar refractivity (Wildman–Crippen MR) is 100 cm³/mol. The lowest BCUT2D eigenvalue weighted by Gasteiger charge is -2.35. The molecule has 2 rings (SSSR count). The third-order valence-electron chi connectivity index (χ3n) is 4.93. The van der Waals surface area contributed by atoms with E-state index in [9.17, 15) is 24.6 Å². The van der Waals surface area contributed by atoms with E-state index in [4.69, 9.17) is 9.47 Å². The molecule has 0 spiro atoms. The lowest BCUT2D eigenvalue weighted by molar-refractivity contribution is -0.169. The molecule has 0 aliphatic heterocycles. The number of ether oxygens (including phenoxy) is 2. The van der Waals surface area contributed by atoms with E-state index >= 15 is 0 Å². The van der Waals surface area contributed by atoms with Crippen LogP contribution in [-0.4, -0.2) is 53.6 Å². The Kier molecular flexibility index (Phi) is 6.34. The summed E-state index contributed by atoms with van der Waals surface area (Å²) in [5, 5.41) is 22.6. The van der Waals surface area contributed by atoms with Crippen LogP contribution in [0.1, 0.15) is 44.2 Å². The lowest BCUT2D eigenvalue weighted by atomic mass is 9.68. The van der Waals surface area contributed by atoms with E-state index in [0.29, 0.717) is 12.0 Å². The van der Waals surface area contributed by atoms with Gasteiger partial charge in [0.25, 0.3) is 0 Å². The SMILES string of the molecule is COCCC(C(=O)O)(C(=O)O)[C@@H]1c2ccccc2C[C@H]1NC(=O)OC(C)(C)C. The number of hydrogen-bond acceptors (Lipinski definition) is 5. The summed E-state index contributed by atoms with van der Waals surface area (Å²) in [6.07, 6.45) is -0.638. The van der Waals surface area contributed by atoms with Gasteiger partial charge in [-0.2, -0.15) is 0 Å². The molecule has 0 bridgehead atoms.